The van der Waals surface area contributed by atoms with Crippen LogP contribution in [0.4, 0.5) is 0 Å². The molecule has 0 fully saturated rings. The average Bonchev–Trinajstić information content (AvgIpc) is 2.81. The molecule has 0 aliphatic rings. The molecular formula is C15H9IN2O2S. The Morgan fingerprint density at radius 1 is 1.00 bits per heavy atom. The molecule has 0 unspecified atom stereocenters. The largest absolute Gasteiger partial charge is 0.269 e. The highest BCUT2D eigenvalue weighted by Gasteiger charge is 2.25. The van der Waals surface area contributed by atoms with Gasteiger partial charge in [0.1, 0.15) is 11.8 Å². The number of rotatable bonds is 2. The van der Waals surface area contributed by atoms with Crippen LogP contribution in [0.5, 0.6) is 0 Å². The molecule has 0 amide bonds. The van der Waals surface area contributed by atoms with Gasteiger partial charge in [0, 0.05) is 5.39 Å². The number of aromatic nitrogens is 1. The molecule has 21 heavy (non-hydrogen) atoms. The summed E-state index contributed by atoms with van der Waals surface area (Å²) in [4.78, 5) is 0.165. The van der Waals surface area contributed by atoms with E-state index in [0.29, 0.717) is 9.09 Å². The maximum absolute atomic E-state index is 12.8. The molecule has 3 aromatic rings. The minimum atomic E-state index is -3.80. The first-order chi connectivity index (χ1) is 10.1. The summed E-state index contributed by atoms with van der Waals surface area (Å²) in [7, 11) is -3.80. The van der Waals surface area contributed by atoms with E-state index in [1.165, 1.54) is 12.1 Å². The minimum Gasteiger partial charge on any atom is -0.223 e. The third kappa shape index (κ3) is 2.13. The lowest BCUT2D eigenvalue weighted by molar-refractivity contribution is 0.588. The highest BCUT2D eigenvalue weighted by Crippen LogP contribution is 2.30. The van der Waals surface area contributed by atoms with E-state index in [9.17, 15) is 13.7 Å². The van der Waals surface area contributed by atoms with Crippen molar-refractivity contribution < 1.29 is 8.42 Å². The Morgan fingerprint density at radius 2 is 1.62 bits per heavy atom. The standard InChI is InChI=1S/C15H9IN2O2S/c16-15-12-8-4-5-9-13(12)18(14(15)10-17)21(19,20)11-6-2-1-3-7-11/h1-9H. The number of fused-ring (bicyclic) bond motifs is 1. The van der Waals surface area contributed by atoms with Crippen molar-refractivity contribution in [1.82, 2.24) is 3.97 Å². The molecule has 0 aliphatic heterocycles. The normalized spacial score (nSPS) is 11.4. The van der Waals surface area contributed by atoms with Crippen LogP contribution in [0.1, 0.15) is 5.69 Å². The zero-order valence-corrected chi connectivity index (χ0v) is 13.7. The predicted octanol–water partition coefficient (Wildman–Crippen LogP) is 3.35. The van der Waals surface area contributed by atoms with E-state index in [4.69, 9.17) is 0 Å². The molecule has 1 aromatic heterocycles. The summed E-state index contributed by atoms with van der Waals surface area (Å²) in [5.41, 5.74) is 0.656. The highest BCUT2D eigenvalue weighted by atomic mass is 127. The molecule has 4 nitrogen and oxygen atoms in total. The van der Waals surface area contributed by atoms with Crippen molar-refractivity contribution in [3.63, 3.8) is 0 Å². The van der Waals surface area contributed by atoms with Gasteiger partial charge in [-0.2, -0.15) is 5.26 Å². The molecule has 3 rings (SSSR count). The maximum atomic E-state index is 12.8. The Kier molecular flexibility index (Phi) is 3.47. The topological polar surface area (TPSA) is 62.9 Å². The summed E-state index contributed by atoms with van der Waals surface area (Å²) >= 11 is 2.01. The molecule has 0 atom stereocenters. The second-order valence-corrected chi connectivity index (χ2v) is 7.24. The van der Waals surface area contributed by atoms with Gasteiger partial charge < -0.3 is 0 Å². The quantitative estimate of drug-likeness (QED) is 0.611. The number of nitriles is 1. The Bertz CT molecular complexity index is 970. The molecule has 0 saturated heterocycles. The van der Waals surface area contributed by atoms with Crippen LogP contribution in [-0.4, -0.2) is 12.4 Å². The Labute approximate surface area is 135 Å². The number of para-hydroxylation sites is 1. The van der Waals surface area contributed by atoms with Gasteiger partial charge in [0.25, 0.3) is 10.0 Å². The molecule has 0 spiro atoms. The van der Waals surface area contributed by atoms with Crippen molar-refractivity contribution in [2.45, 2.75) is 4.90 Å². The monoisotopic (exact) mass is 408 g/mol. The highest BCUT2D eigenvalue weighted by molar-refractivity contribution is 14.1. The number of halogens is 1. The molecule has 104 valence electrons. The van der Waals surface area contributed by atoms with E-state index < -0.39 is 10.0 Å². The summed E-state index contributed by atoms with van der Waals surface area (Å²) in [6, 6.07) is 17.2. The molecule has 0 saturated carbocycles. The second kappa shape index (κ2) is 5.16. The minimum absolute atomic E-state index is 0.139. The van der Waals surface area contributed by atoms with Crippen molar-refractivity contribution in [3.8, 4) is 6.07 Å². The van der Waals surface area contributed by atoms with Crippen molar-refractivity contribution in [3.05, 3.63) is 63.9 Å². The van der Waals surface area contributed by atoms with Gasteiger partial charge in [0.2, 0.25) is 0 Å². The summed E-state index contributed by atoms with van der Waals surface area (Å²) in [6.45, 7) is 0. The van der Waals surface area contributed by atoms with Gasteiger partial charge in [-0.3, -0.25) is 0 Å². The first kappa shape index (κ1) is 14.1. The van der Waals surface area contributed by atoms with E-state index in [0.717, 1.165) is 9.36 Å². The van der Waals surface area contributed by atoms with Crippen LogP contribution < -0.4 is 0 Å². The van der Waals surface area contributed by atoms with Crippen molar-refractivity contribution >= 4 is 43.5 Å². The summed E-state index contributed by atoms with van der Waals surface area (Å²) < 4.78 is 27.5. The van der Waals surface area contributed by atoms with E-state index in [1.54, 1.807) is 30.3 Å². The van der Waals surface area contributed by atoms with Gasteiger partial charge >= 0.3 is 0 Å². The number of nitrogens with zero attached hydrogens (tertiary/aromatic N) is 2. The van der Waals surface area contributed by atoms with Crippen LogP contribution in [0.15, 0.2) is 59.5 Å². The van der Waals surface area contributed by atoms with Gasteiger partial charge in [0.05, 0.1) is 14.0 Å². The molecule has 6 heteroatoms. The lowest BCUT2D eigenvalue weighted by atomic mass is 10.2. The van der Waals surface area contributed by atoms with Crippen LogP contribution >= 0.6 is 22.6 Å². The smallest absolute Gasteiger partial charge is 0.223 e. The Hall–Kier alpha value is -1.85. The molecule has 0 radical (unpaired) electrons. The summed E-state index contributed by atoms with van der Waals surface area (Å²) in [6.07, 6.45) is 0. The van der Waals surface area contributed by atoms with Gasteiger partial charge in [-0.25, -0.2) is 12.4 Å². The number of hydrogen-bond donors (Lipinski definition) is 0. The predicted molar refractivity (Wildman–Crippen MR) is 88.4 cm³/mol. The van der Waals surface area contributed by atoms with Crippen molar-refractivity contribution in [2.24, 2.45) is 0 Å². The molecule has 0 bridgehead atoms. The third-order valence-electron chi connectivity index (χ3n) is 3.16. The van der Waals surface area contributed by atoms with E-state index in [2.05, 4.69) is 0 Å². The first-order valence-corrected chi connectivity index (χ1v) is 8.59. The van der Waals surface area contributed by atoms with E-state index in [-0.39, 0.29) is 10.6 Å². The number of benzene rings is 2. The Morgan fingerprint density at radius 3 is 2.29 bits per heavy atom. The van der Waals surface area contributed by atoms with E-state index in [1.807, 2.05) is 40.8 Å². The van der Waals surface area contributed by atoms with Gasteiger partial charge in [0.15, 0.2) is 0 Å². The molecule has 0 N–H and O–H groups in total. The van der Waals surface area contributed by atoms with Crippen LogP contribution in [0.3, 0.4) is 0 Å². The van der Waals surface area contributed by atoms with Crippen molar-refractivity contribution in [2.75, 3.05) is 0 Å². The Balaban J connectivity index is 2.44. The SMILES string of the molecule is N#Cc1c(I)c2ccccc2n1S(=O)(=O)c1ccccc1. The second-order valence-electron chi connectivity index (χ2n) is 4.37. The van der Waals surface area contributed by atoms with Crippen LogP contribution in [0.25, 0.3) is 10.9 Å². The molecule has 0 aliphatic carbocycles. The zero-order chi connectivity index (χ0) is 15.0. The fourth-order valence-electron chi connectivity index (χ4n) is 2.22. The fraction of sp³-hybridized carbons (Fsp3) is 0. The molecule has 2 aromatic carbocycles. The lowest BCUT2D eigenvalue weighted by Gasteiger charge is -2.08. The average molecular weight is 408 g/mol. The summed E-state index contributed by atoms with van der Waals surface area (Å²) in [5, 5.41) is 10.1. The third-order valence-corrected chi connectivity index (χ3v) is 5.98. The fourth-order valence-corrected chi connectivity index (χ4v) is 4.70. The zero-order valence-electron chi connectivity index (χ0n) is 10.7. The van der Waals surface area contributed by atoms with Crippen LogP contribution in [0, 0.1) is 14.9 Å². The van der Waals surface area contributed by atoms with Gasteiger partial charge in [-0.15, -0.1) is 0 Å². The molecule has 1 heterocycles. The first-order valence-electron chi connectivity index (χ1n) is 6.07. The van der Waals surface area contributed by atoms with Gasteiger partial charge in [-0.1, -0.05) is 36.4 Å². The van der Waals surface area contributed by atoms with Crippen molar-refractivity contribution in [1.29, 1.82) is 5.26 Å². The maximum Gasteiger partial charge on any atom is 0.269 e. The van der Waals surface area contributed by atoms with Gasteiger partial charge in [-0.05, 0) is 40.8 Å². The van der Waals surface area contributed by atoms with Crippen LogP contribution in [0.2, 0.25) is 0 Å². The molecular weight excluding hydrogens is 399 g/mol. The van der Waals surface area contributed by atoms with Crippen LogP contribution in [-0.2, 0) is 10.0 Å². The van der Waals surface area contributed by atoms with E-state index >= 15 is 0 Å². The lowest BCUT2D eigenvalue weighted by Crippen LogP contribution is -2.14. The summed E-state index contributed by atoms with van der Waals surface area (Å²) in [5.74, 6) is 0. The number of hydrogen-bond acceptors (Lipinski definition) is 3.